The van der Waals surface area contributed by atoms with E-state index < -0.39 is 0 Å². The van der Waals surface area contributed by atoms with Gasteiger partial charge < -0.3 is 14.8 Å². The van der Waals surface area contributed by atoms with E-state index in [0.717, 1.165) is 11.3 Å². The van der Waals surface area contributed by atoms with E-state index in [1.54, 1.807) is 36.4 Å². The molecular formula is C25H21FN2O3S. The van der Waals surface area contributed by atoms with Crippen LogP contribution in [0.4, 0.5) is 10.1 Å². The van der Waals surface area contributed by atoms with E-state index in [1.807, 2.05) is 43.3 Å². The van der Waals surface area contributed by atoms with Crippen molar-refractivity contribution in [1.82, 2.24) is 5.32 Å². The van der Waals surface area contributed by atoms with Crippen LogP contribution in [0.25, 0.3) is 6.08 Å². The molecule has 0 unspecified atom stereocenters. The molecule has 0 atom stereocenters. The molecule has 32 heavy (non-hydrogen) atoms. The summed E-state index contributed by atoms with van der Waals surface area (Å²) in [5.41, 5.74) is 2.02. The second-order valence-corrected chi connectivity index (χ2v) is 7.87. The highest BCUT2D eigenvalue weighted by Gasteiger charge is 2.24. The summed E-state index contributed by atoms with van der Waals surface area (Å²) in [7, 11) is 0. The Morgan fingerprint density at radius 3 is 2.56 bits per heavy atom. The summed E-state index contributed by atoms with van der Waals surface area (Å²) in [5, 5.41) is 3.31. The Bertz CT molecular complexity index is 1180. The smallest absolute Gasteiger partial charge is 0.264 e. The monoisotopic (exact) mass is 448 g/mol. The van der Waals surface area contributed by atoms with Crippen molar-refractivity contribution in [2.45, 2.75) is 13.5 Å². The summed E-state index contributed by atoms with van der Waals surface area (Å²) in [6.45, 7) is 2.41. The normalized spacial score (nSPS) is 15.8. The second kappa shape index (κ2) is 10.2. The van der Waals surface area contributed by atoms with Crippen molar-refractivity contribution in [3.8, 4) is 11.5 Å². The predicted octanol–water partition coefficient (Wildman–Crippen LogP) is 5.70. The SMILES string of the molecule is CCOc1cc(C=C2SC(=Nc3ccccc3)NC2=O)ccc1OCc1ccccc1F. The molecule has 4 rings (SSSR count). The van der Waals surface area contributed by atoms with Gasteiger partial charge in [-0.1, -0.05) is 42.5 Å². The molecule has 1 saturated heterocycles. The van der Waals surface area contributed by atoms with Crippen LogP contribution in [0.3, 0.4) is 0 Å². The molecule has 1 heterocycles. The highest BCUT2D eigenvalue weighted by Crippen LogP contribution is 2.33. The Morgan fingerprint density at radius 1 is 1.00 bits per heavy atom. The number of benzene rings is 3. The molecule has 0 radical (unpaired) electrons. The third kappa shape index (κ3) is 5.36. The summed E-state index contributed by atoms with van der Waals surface area (Å²) in [6, 6.07) is 21.3. The number of amides is 1. The zero-order valence-corrected chi connectivity index (χ0v) is 18.2. The highest BCUT2D eigenvalue weighted by atomic mass is 32.2. The average Bonchev–Trinajstić information content (AvgIpc) is 3.13. The minimum Gasteiger partial charge on any atom is -0.490 e. The van der Waals surface area contributed by atoms with Crippen LogP contribution in [0.15, 0.2) is 82.7 Å². The first kappa shape index (κ1) is 21.6. The van der Waals surface area contributed by atoms with Crippen LogP contribution >= 0.6 is 11.8 Å². The minimum atomic E-state index is -0.316. The van der Waals surface area contributed by atoms with Gasteiger partial charge in [-0.2, -0.15) is 0 Å². The zero-order chi connectivity index (χ0) is 22.3. The number of hydrogen-bond acceptors (Lipinski definition) is 5. The number of amidine groups is 1. The number of rotatable bonds is 7. The predicted molar refractivity (Wildman–Crippen MR) is 126 cm³/mol. The molecule has 1 fully saturated rings. The van der Waals surface area contributed by atoms with E-state index in [4.69, 9.17) is 9.47 Å². The van der Waals surface area contributed by atoms with Crippen molar-refractivity contribution in [3.63, 3.8) is 0 Å². The number of carbonyl (C=O) groups is 1. The lowest BCUT2D eigenvalue weighted by Crippen LogP contribution is -2.19. The third-order valence-electron chi connectivity index (χ3n) is 4.54. The molecule has 1 aliphatic heterocycles. The topological polar surface area (TPSA) is 59.9 Å². The summed E-state index contributed by atoms with van der Waals surface area (Å²) in [6.07, 6.45) is 1.77. The van der Waals surface area contributed by atoms with Crippen LogP contribution in [0.1, 0.15) is 18.1 Å². The van der Waals surface area contributed by atoms with Crippen LogP contribution in [-0.4, -0.2) is 17.7 Å². The Balaban J connectivity index is 1.52. The van der Waals surface area contributed by atoms with Gasteiger partial charge in [0.2, 0.25) is 0 Å². The van der Waals surface area contributed by atoms with E-state index in [9.17, 15) is 9.18 Å². The maximum Gasteiger partial charge on any atom is 0.264 e. The molecule has 3 aromatic rings. The quantitative estimate of drug-likeness (QED) is 0.472. The fourth-order valence-electron chi connectivity index (χ4n) is 3.02. The van der Waals surface area contributed by atoms with Crippen molar-refractivity contribution < 1.29 is 18.7 Å². The van der Waals surface area contributed by atoms with Gasteiger partial charge in [-0.25, -0.2) is 9.38 Å². The molecule has 0 bridgehead atoms. The third-order valence-corrected chi connectivity index (χ3v) is 5.45. The maximum atomic E-state index is 13.9. The Hall–Kier alpha value is -3.58. The van der Waals surface area contributed by atoms with E-state index >= 15 is 0 Å². The maximum absolute atomic E-state index is 13.9. The Kier molecular flexibility index (Phi) is 6.87. The van der Waals surface area contributed by atoms with E-state index in [0.29, 0.717) is 33.7 Å². The number of para-hydroxylation sites is 1. The molecule has 7 heteroatoms. The van der Waals surface area contributed by atoms with E-state index in [2.05, 4.69) is 10.3 Å². The number of halogens is 1. The Labute approximate surface area is 190 Å². The zero-order valence-electron chi connectivity index (χ0n) is 17.4. The van der Waals surface area contributed by atoms with Crippen molar-refractivity contribution >= 4 is 34.6 Å². The van der Waals surface area contributed by atoms with Crippen molar-refractivity contribution in [1.29, 1.82) is 0 Å². The van der Waals surface area contributed by atoms with Gasteiger partial charge in [0.05, 0.1) is 17.2 Å². The number of aliphatic imine (C=N–C) groups is 1. The van der Waals surface area contributed by atoms with Crippen LogP contribution in [0.2, 0.25) is 0 Å². The first-order chi connectivity index (χ1) is 15.6. The number of thioether (sulfide) groups is 1. The molecule has 1 aliphatic rings. The fraction of sp³-hybridized carbons (Fsp3) is 0.120. The average molecular weight is 449 g/mol. The van der Waals surface area contributed by atoms with E-state index in [-0.39, 0.29) is 18.3 Å². The van der Waals surface area contributed by atoms with Gasteiger partial charge >= 0.3 is 0 Å². The summed E-state index contributed by atoms with van der Waals surface area (Å²) in [4.78, 5) is 17.4. The van der Waals surface area contributed by atoms with Crippen LogP contribution in [0.5, 0.6) is 11.5 Å². The van der Waals surface area contributed by atoms with Crippen molar-refractivity contribution in [3.05, 3.63) is 94.6 Å². The lowest BCUT2D eigenvalue weighted by molar-refractivity contribution is -0.115. The molecule has 5 nitrogen and oxygen atoms in total. The van der Waals surface area contributed by atoms with Gasteiger partial charge in [-0.15, -0.1) is 0 Å². The molecule has 0 aliphatic carbocycles. The number of carbonyl (C=O) groups excluding carboxylic acids is 1. The van der Waals surface area contributed by atoms with Crippen LogP contribution < -0.4 is 14.8 Å². The lowest BCUT2D eigenvalue weighted by atomic mass is 10.1. The minimum absolute atomic E-state index is 0.0880. The van der Waals surface area contributed by atoms with Crippen molar-refractivity contribution in [2.24, 2.45) is 4.99 Å². The standard InChI is InChI=1S/C25H21FN2O3S/c1-2-30-22-14-17(12-13-21(22)31-16-18-8-6-7-11-20(18)26)15-23-24(29)28-25(32-23)27-19-9-4-3-5-10-19/h3-15H,2,16H2,1H3,(H,27,28,29). The van der Waals surface area contributed by atoms with Gasteiger partial charge in [0.25, 0.3) is 5.91 Å². The molecule has 0 aromatic heterocycles. The number of ether oxygens (including phenoxy) is 2. The first-order valence-corrected chi connectivity index (χ1v) is 10.9. The second-order valence-electron chi connectivity index (χ2n) is 6.84. The molecular weight excluding hydrogens is 427 g/mol. The lowest BCUT2D eigenvalue weighted by Gasteiger charge is -2.13. The largest absolute Gasteiger partial charge is 0.490 e. The van der Waals surface area contributed by atoms with Crippen LogP contribution in [-0.2, 0) is 11.4 Å². The molecule has 0 spiro atoms. The number of hydrogen-bond donors (Lipinski definition) is 1. The number of nitrogens with zero attached hydrogens (tertiary/aromatic N) is 1. The molecule has 1 N–H and O–H groups in total. The number of nitrogens with one attached hydrogen (secondary N) is 1. The first-order valence-electron chi connectivity index (χ1n) is 10.1. The van der Waals surface area contributed by atoms with Crippen LogP contribution in [0, 0.1) is 5.82 Å². The molecule has 162 valence electrons. The van der Waals surface area contributed by atoms with Gasteiger partial charge in [0, 0.05) is 5.56 Å². The van der Waals surface area contributed by atoms with Crippen molar-refractivity contribution in [2.75, 3.05) is 6.61 Å². The van der Waals surface area contributed by atoms with Gasteiger partial charge in [-0.05, 0) is 60.7 Å². The Morgan fingerprint density at radius 2 is 1.78 bits per heavy atom. The highest BCUT2D eigenvalue weighted by molar-refractivity contribution is 8.18. The summed E-state index contributed by atoms with van der Waals surface area (Å²) < 4.78 is 25.4. The summed E-state index contributed by atoms with van der Waals surface area (Å²) in [5.74, 6) is 0.512. The van der Waals surface area contributed by atoms with Gasteiger partial charge in [0.15, 0.2) is 16.7 Å². The fourth-order valence-corrected chi connectivity index (χ4v) is 3.87. The van der Waals surface area contributed by atoms with Gasteiger partial charge in [0.1, 0.15) is 12.4 Å². The summed E-state index contributed by atoms with van der Waals surface area (Å²) >= 11 is 1.28. The molecule has 0 saturated carbocycles. The van der Waals surface area contributed by atoms with Gasteiger partial charge in [-0.3, -0.25) is 4.79 Å². The van der Waals surface area contributed by atoms with E-state index in [1.165, 1.54) is 17.8 Å². The molecule has 1 amide bonds. The molecule has 3 aromatic carbocycles.